The van der Waals surface area contributed by atoms with Crippen molar-refractivity contribution in [2.45, 2.75) is 18.0 Å². The molecule has 2 rings (SSSR count). The van der Waals surface area contributed by atoms with Gasteiger partial charge in [0, 0.05) is 24.4 Å². The molecule has 1 aliphatic heterocycles. The number of thioether (sulfide) groups is 1. The van der Waals surface area contributed by atoms with Crippen LogP contribution in [0, 0.1) is 0 Å². The molecule has 0 bridgehead atoms. The van der Waals surface area contributed by atoms with Crippen LogP contribution in [0.25, 0.3) is 0 Å². The van der Waals surface area contributed by atoms with E-state index in [1.54, 1.807) is 0 Å². The highest BCUT2D eigenvalue weighted by Gasteiger charge is 2.28. The van der Waals surface area contributed by atoms with Crippen LogP contribution >= 0.6 is 11.8 Å². The van der Waals surface area contributed by atoms with Crippen LogP contribution in [0.5, 0.6) is 0 Å². The second-order valence-corrected chi connectivity index (χ2v) is 5.30. The van der Waals surface area contributed by atoms with Crippen LogP contribution in [0.15, 0.2) is 24.3 Å². The summed E-state index contributed by atoms with van der Waals surface area (Å²) in [5.74, 6) is -0.437. The second-order valence-electron chi connectivity index (χ2n) is 4.14. The molecule has 2 N–H and O–H groups in total. The van der Waals surface area contributed by atoms with E-state index in [-0.39, 0.29) is 30.0 Å². The summed E-state index contributed by atoms with van der Waals surface area (Å²) in [6, 6.07) is 7.16. The summed E-state index contributed by atoms with van der Waals surface area (Å²) in [4.78, 5) is 11.8. The fourth-order valence-corrected chi connectivity index (χ4v) is 2.36. The molecule has 1 aromatic carbocycles. The Hall–Kier alpha value is -1.37. The maximum Gasteiger partial charge on any atom is 0.441 e. The van der Waals surface area contributed by atoms with Gasteiger partial charge in [0.15, 0.2) is 0 Å². The van der Waals surface area contributed by atoms with Crippen molar-refractivity contribution in [2.24, 2.45) is 0 Å². The van der Waals surface area contributed by atoms with Crippen LogP contribution in [0.1, 0.15) is 5.56 Å². The van der Waals surface area contributed by atoms with Gasteiger partial charge in [-0.15, -0.1) is 0 Å². The van der Waals surface area contributed by atoms with Crippen molar-refractivity contribution in [1.29, 1.82) is 0 Å². The zero-order valence-electron chi connectivity index (χ0n) is 9.96. The first-order chi connectivity index (χ1) is 8.96. The molecule has 0 saturated carbocycles. The highest BCUT2D eigenvalue weighted by molar-refractivity contribution is 8.00. The van der Waals surface area contributed by atoms with E-state index >= 15 is 0 Å². The number of anilines is 1. The summed E-state index contributed by atoms with van der Waals surface area (Å²) < 4.78 is 35.7. The number of rotatable bonds is 4. The topological polar surface area (TPSA) is 41.1 Å². The zero-order valence-corrected chi connectivity index (χ0v) is 10.8. The van der Waals surface area contributed by atoms with Gasteiger partial charge in [-0.2, -0.15) is 13.2 Å². The monoisotopic (exact) mass is 290 g/mol. The summed E-state index contributed by atoms with van der Waals surface area (Å²) in [5, 5.41) is 5.56. The van der Waals surface area contributed by atoms with Gasteiger partial charge in [-0.05, 0) is 23.4 Å². The normalized spacial score (nSPS) is 17.7. The molecule has 19 heavy (non-hydrogen) atoms. The zero-order chi connectivity index (χ0) is 13.9. The van der Waals surface area contributed by atoms with Gasteiger partial charge in [-0.25, -0.2) is 0 Å². The van der Waals surface area contributed by atoms with Crippen molar-refractivity contribution >= 4 is 23.4 Å². The van der Waals surface area contributed by atoms with Crippen LogP contribution in [0.4, 0.5) is 18.9 Å². The molecular weight excluding hydrogens is 277 g/mol. The van der Waals surface area contributed by atoms with Gasteiger partial charge in [0.25, 0.3) is 0 Å². The fraction of sp³-hybridized carbons (Fsp3) is 0.417. The van der Waals surface area contributed by atoms with Gasteiger partial charge in [-0.1, -0.05) is 18.2 Å². The first kappa shape index (κ1) is 14.0. The lowest BCUT2D eigenvalue weighted by Crippen LogP contribution is -2.39. The number of amides is 1. The molecule has 1 aromatic rings. The summed E-state index contributed by atoms with van der Waals surface area (Å²) >= 11 is -0.130. The fourth-order valence-electron chi connectivity index (χ4n) is 1.92. The summed E-state index contributed by atoms with van der Waals surface area (Å²) in [7, 11) is 0. The molecule has 0 fully saturated rings. The second kappa shape index (κ2) is 5.73. The number of carbonyl (C=O) groups excluding carboxylic acids is 1. The standard InChI is InChI=1S/C12H13F3N2OS/c13-12(14,15)19-6-5-16-11(18)10-7-8-3-1-2-4-9(8)17-10/h1-4,10,17H,5-7H2,(H,16,18)/t10-/m0/s1. The predicted octanol–water partition coefficient (Wildman–Crippen LogP) is 2.39. The third-order valence-corrected chi connectivity index (χ3v) is 3.49. The lowest BCUT2D eigenvalue weighted by Gasteiger charge is -2.12. The largest absolute Gasteiger partial charge is 0.441 e. The quantitative estimate of drug-likeness (QED) is 0.837. The number of hydrogen-bond donors (Lipinski definition) is 2. The van der Waals surface area contributed by atoms with Crippen molar-refractivity contribution < 1.29 is 18.0 Å². The minimum Gasteiger partial charge on any atom is -0.373 e. The Morgan fingerprint density at radius 2 is 2.16 bits per heavy atom. The van der Waals surface area contributed by atoms with Crippen LogP contribution in [0.3, 0.4) is 0 Å². The minimum atomic E-state index is -4.24. The molecule has 7 heteroatoms. The van der Waals surface area contributed by atoms with E-state index in [1.807, 2.05) is 24.3 Å². The molecule has 3 nitrogen and oxygen atoms in total. The highest BCUT2D eigenvalue weighted by Crippen LogP contribution is 2.29. The lowest BCUT2D eigenvalue weighted by molar-refractivity contribution is -0.121. The average molecular weight is 290 g/mol. The Morgan fingerprint density at radius 1 is 1.42 bits per heavy atom. The van der Waals surface area contributed by atoms with E-state index < -0.39 is 11.6 Å². The van der Waals surface area contributed by atoms with E-state index in [2.05, 4.69) is 10.6 Å². The first-order valence-corrected chi connectivity index (χ1v) is 6.77. The molecule has 1 atom stereocenters. The van der Waals surface area contributed by atoms with E-state index in [0.717, 1.165) is 11.3 Å². The Bertz CT molecular complexity index is 440. The van der Waals surface area contributed by atoms with Gasteiger partial charge in [0.05, 0.1) is 0 Å². The van der Waals surface area contributed by atoms with Gasteiger partial charge >= 0.3 is 5.51 Å². The van der Waals surface area contributed by atoms with Crippen LogP contribution in [-0.4, -0.2) is 29.8 Å². The lowest BCUT2D eigenvalue weighted by atomic mass is 10.1. The van der Waals surface area contributed by atoms with E-state index in [4.69, 9.17) is 0 Å². The number of carbonyl (C=O) groups is 1. The maximum atomic E-state index is 11.9. The first-order valence-electron chi connectivity index (χ1n) is 5.78. The maximum absolute atomic E-state index is 11.9. The Kier molecular flexibility index (Phi) is 4.24. The predicted molar refractivity (Wildman–Crippen MR) is 69.1 cm³/mol. The van der Waals surface area contributed by atoms with E-state index in [9.17, 15) is 18.0 Å². The van der Waals surface area contributed by atoms with E-state index in [1.165, 1.54) is 0 Å². The van der Waals surface area contributed by atoms with Crippen LogP contribution < -0.4 is 10.6 Å². The molecule has 0 radical (unpaired) electrons. The molecular formula is C12H13F3N2OS. The van der Waals surface area contributed by atoms with Crippen molar-refractivity contribution in [3.8, 4) is 0 Å². The van der Waals surface area contributed by atoms with Gasteiger partial charge < -0.3 is 10.6 Å². The van der Waals surface area contributed by atoms with Crippen LogP contribution in [-0.2, 0) is 11.2 Å². The number of para-hydroxylation sites is 1. The third kappa shape index (κ3) is 4.05. The molecule has 0 spiro atoms. The number of nitrogens with one attached hydrogen (secondary N) is 2. The molecule has 104 valence electrons. The van der Waals surface area contributed by atoms with Crippen LogP contribution in [0.2, 0.25) is 0 Å². The molecule has 1 aliphatic rings. The molecule has 0 unspecified atom stereocenters. The number of benzene rings is 1. The van der Waals surface area contributed by atoms with Gasteiger partial charge in [-0.3, -0.25) is 4.79 Å². The molecule has 1 amide bonds. The smallest absolute Gasteiger partial charge is 0.373 e. The SMILES string of the molecule is O=C(NCCSC(F)(F)F)[C@@H]1Cc2ccccc2N1. The molecule has 0 saturated heterocycles. The summed E-state index contributed by atoms with van der Waals surface area (Å²) in [6.07, 6.45) is 0.564. The van der Waals surface area contributed by atoms with Crippen molar-refractivity contribution in [2.75, 3.05) is 17.6 Å². The minimum absolute atomic E-state index is 0.0114. The Labute approximate surface area is 112 Å². The number of fused-ring (bicyclic) bond motifs is 1. The third-order valence-electron chi connectivity index (χ3n) is 2.75. The Morgan fingerprint density at radius 3 is 2.84 bits per heavy atom. The van der Waals surface area contributed by atoms with Gasteiger partial charge in [0.1, 0.15) is 6.04 Å². The van der Waals surface area contributed by atoms with E-state index in [0.29, 0.717) is 6.42 Å². The summed E-state index contributed by atoms with van der Waals surface area (Å²) in [6.45, 7) is 0.0114. The number of hydrogen-bond acceptors (Lipinski definition) is 3. The Balaban J connectivity index is 1.74. The highest BCUT2D eigenvalue weighted by atomic mass is 32.2. The molecule has 0 aromatic heterocycles. The molecule has 0 aliphatic carbocycles. The van der Waals surface area contributed by atoms with Crippen molar-refractivity contribution in [3.05, 3.63) is 29.8 Å². The molecule has 1 heterocycles. The van der Waals surface area contributed by atoms with Gasteiger partial charge in [0.2, 0.25) is 5.91 Å². The van der Waals surface area contributed by atoms with Crippen molar-refractivity contribution in [3.63, 3.8) is 0 Å². The van der Waals surface area contributed by atoms with Crippen molar-refractivity contribution in [1.82, 2.24) is 5.32 Å². The average Bonchev–Trinajstić information content (AvgIpc) is 2.77. The number of halogens is 3. The summed E-state index contributed by atoms with van der Waals surface area (Å²) in [5.41, 5.74) is -2.29. The number of alkyl halides is 3.